The van der Waals surface area contributed by atoms with E-state index >= 15 is 0 Å². The van der Waals surface area contributed by atoms with E-state index in [0.717, 1.165) is 16.9 Å². The summed E-state index contributed by atoms with van der Waals surface area (Å²) in [5.74, 6) is 0.631. The molecule has 0 saturated carbocycles. The molecule has 14 heavy (non-hydrogen) atoms. The lowest BCUT2D eigenvalue weighted by atomic mass is 10.3. The van der Waals surface area contributed by atoms with E-state index in [2.05, 4.69) is 4.98 Å². The molecule has 1 aliphatic rings. The number of aromatic nitrogens is 2. The molecule has 3 rings (SSSR count). The molecule has 0 radical (unpaired) electrons. The zero-order chi connectivity index (χ0) is 9.54. The molecule has 0 bridgehead atoms. The van der Waals surface area contributed by atoms with Gasteiger partial charge in [0.25, 0.3) is 0 Å². The summed E-state index contributed by atoms with van der Waals surface area (Å²) >= 11 is 0. The predicted octanol–water partition coefficient (Wildman–Crippen LogP) is 1.09. The molecule has 0 N–H and O–H groups in total. The van der Waals surface area contributed by atoms with Gasteiger partial charge in [0.2, 0.25) is 0 Å². The number of imidazole rings is 1. The topological polar surface area (TPSA) is 44.1 Å². The smallest absolute Gasteiger partial charge is 0.326 e. The van der Waals surface area contributed by atoms with E-state index in [-0.39, 0.29) is 19.1 Å². The maximum atomic E-state index is 11.1. The molecule has 1 aromatic heterocycles. The molecule has 0 spiro atoms. The summed E-state index contributed by atoms with van der Waals surface area (Å²) in [6.07, 6.45) is 0. The molecule has 0 saturated heterocycles. The van der Waals surface area contributed by atoms with E-state index in [1.54, 1.807) is 0 Å². The highest BCUT2D eigenvalue weighted by molar-refractivity contribution is 5.79. The van der Waals surface area contributed by atoms with E-state index in [0.29, 0.717) is 0 Å². The molecule has 0 fully saturated rings. The van der Waals surface area contributed by atoms with Crippen LogP contribution in [0.1, 0.15) is 5.82 Å². The molecular weight excluding hydrogens is 180 g/mol. The van der Waals surface area contributed by atoms with Gasteiger partial charge in [0.05, 0.1) is 11.0 Å². The van der Waals surface area contributed by atoms with Gasteiger partial charge in [0, 0.05) is 0 Å². The Morgan fingerprint density at radius 1 is 1.36 bits per heavy atom. The van der Waals surface area contributed by atoms with E-state index in [9.17, 15) is 4.79 Å². The van der Waals surface area contributed by atoms with Crippen LogP contribution in [-0.4, -0.2) is 15.5 Å². The van der Waals surface area contributed by atoms with Crippen molar-refractivity contribution < 1.29 is 9.53 Å². The summed E-state index contributed by atoms with van der Waals surface area (Å²) in [4.78, 5) is 15.5. The van der Waals surface area contributed by atoms with Crippen molar-refractivity contribution in [2.24, 2.45) is 0 Å². The normalized spacial score (nSPS) is 15.3. The van der Waals surface area contributed by atoms with Crippen molar-refractivity contribution in [3.63, 3.8) is 0 Å². The van der Waals surface area contributed by atoms with Crippen LogP contribution in [0.25, 0.3) is 11.0 Å². The molecule has 70 valence electrons. The van der Waals surface area contributed by atoms with Gasteiger partial charge >= 0.3 is 5.97 Å². The Balaban J connectivity index is 2.30. The number of carbonyl (C=O) groups excluding carboxylic acids is 1. The minimum atomic E-state index is -0.194. The molecule has 1 aliphatic heterocycles. The molecule has 2 heterocycles. The van der Waals surface area contributed by atoms with Crippen molar-refractivity contribution in [1.82, 2.24) is 9.55 Å². The van der Waals surface area contributed by atoms with Crippen LogP contribution in [0.4, 0.5) is 0 Å². The quantitative estimate of drug-likeness (QED) is 0.581. The van der Waals surface area contributed by atoms with Gasteiger partial charge in [-0.2, -0.15) is 0 Å². The lowest BCUT2D eigenvalue weighted by Crippen LogP contribution is -2.22. The summed E-state index contributed by atoms with van der Waals surface area (Å²) in [6.45, 7) is 0.559. The molecule has 0 aliphatic carbocycles. The number of cyclic esters (lactones) is 1. The highest BCUT2D eigenvalue weighted by Crippen LogP contribution is 2.19. The number of esters is 1. The van der Waals surface area contributed by atoms with Crippen molar-refractivity contribution in [3.8, 4) is 0 Å². The Morgan fingerprint density at radius 2 is 2.21 bits per heavy atom. The average Bonchev–Trinajstić information content (AvgIpc) is 2.56. The van der Waals surface area contributed by atoms with Gasteiger partial charge in [-0.3, -0.25) is 4.79 Å². The van der Waals surface area contributed by atoms with E-state index in [1.807, 2.05) is 28.8 Å². The number of nitrogens with zero attached hydrogens (tertiary/aromatic N) is 2. The second-order valence-electron chi connectivity index (χ2n) is 3.26. The monoisotopic (exact) mass is 188 g/mol. The summed E-state index contributed by atoms with van der Waals surface area (Å²) in [5, 5.41) is 0. The van der Waals surface area contributed by atoms with Crippen molar-refractivity contribution >= 4 is 17.0 Å². The maximum absolute atomic E-state index is 11.1. The van der Waals surface area contributed by atoms with Crippen molar-refractivity contribution in [1.29, 1.82) is 0 Å². The van der Waals surface area contributed by atoms with Gasteiger partial charge in [-0.05, 0) is 12.1 Å². The predicted molar refractivity (Wildman–Crippen MR) is 49.5 cm³/mol. The fourth-order valence-corrected chi connectivity index (χ4v) is 1.73. The number of ether oxygens (including phenoxy) is 1. The first-order valence-corrected chi connectivity index (χ1v) is 4.44. The van der Waals surface area contributed by atoms with E-state index in [4.69, 9.17) is 4.74 Å². The molecule has 0 amide bonds. The zero-order valence-corrected chi connectivity index (χ0v) is 7.43. The van der Waals surface area contributed by atoms with Gasteiger partial charge < -0.3 is 9.30 Å². The van der Waals surface area contributed by atoms with Crippen LogP contribution in [0, 0.1) is 0 Å². The van der Waals surface area contributed by atoms with Crippen LogP contribution in [0.5, 0.6) is 0 Å². The van der Waals surface area contributed by atoms with E-state index < -0.39 is 0 Å². The van der Waals surface area contributed by atoms with Gasteiger partial charge in [-0.1, -0.05) is 12.1 Å². The maximum Gasteiger partial charge on any atom is 0.326 e. The minimum Gasteiger partial charge on any atom is -0.456 e. The molecule has 4 nitrogen and oxygen atoms in total. The lowest BCUT2D eigenvalue weighted by molar-refractivity contribution is -0.148. The summed E-state index contributed by atoms with van der Waals surface area (Å²) in [6, 6.07) is 7.77. The van der Waals surface area contributed by atoms with Crippen LogP contribution in [-0.2, 0) is 22.7 Å². The zero-order valence-electron chi connectivity index (χ0n) is 7.43. The number of para-hydroxylation sites is 2. The fraction of sp³-hybridized carbons (Fsp3) is 0.200. The molecule has 0 atom stereocenters. The fourth-order valence-electron chi connectivity index (χ4n) is 1.73. The summed E-state index contributed by atoms with van der Waals surface area (Å²) < 4.78 is 6.82. The number of hydrogen-bond donors (Lipinski definition) is 0. The number of benzene rings is 1. The van der Waals surface area contributed by atoms with Crippen LogP contribution < -0.4 is 0 Å². The Hall–Kier alpha value is -1.84. The number of rotatable bonds is 0. The third-order valence-electron chi connectivity index (χ3n) is 2.38. The molecule has 0 unspecified atom stereocenters. The average molecular weight is 188 g/mol. The minimum absolute atomic E-state index is 0.194. The van der Waals surface area contributed by atoms with Crippen LogP contribution in [0.2, 0.25) is 0 Å². The molecule has 4 heteroatoms. The van der Waals surface area contributed by atoms with Crippen molar-refractivity contribution in [2.45, 2.75) is 13.2 Å². The third kappa shape index (κ3) is 0.937. The van der Waals surface area contributed by atoms with Crippen LogP contribution in [0.3, 0.4) is 0 Å². The second-order valence-corrected chi connectivity index (χ2v) is 3.26. The third-order valence-corrected chi connectivity index (χ3v) is 2.38. The first-order chi connectivity index (χ1) is 6.84. The molecule has 2 aromatic rings. The van der Waals surface area contributed by atoms with Gasteiger partial charge in [0.15, 0.2) is 0 Å². The van der Waals surface area contributed by atoms with Crippen LogP contribution in [0.15, 0.2) is 24.3 Å². The standard InChI is InChI=1S/C10H8N2O2/c13-10-5-12-8-4-2-1-3-7(8)11-9(12)6-14-10/h1-4H,5-6H2. The van der Waals surface area contributed by atoms with E-state index in [1.165, 1.54) is 0 Å². The highest BCUT2D eigenvalue weighted by atomic mass is 16.5. The first-order valence-electron chi connectivity index (χ1n) is 4.44. The highest BCUT2D eigenvalue weighted by Gasteiger charge is 2.19. The molecule has 1 aromatic carbocycles. The first kappa shape index (κ1) is 7.55. The van der Waals surface area contributed by atoms with Gasteiger partial charge in [-0.15, -0.1) is 0 Å². The Bertz CT molecular complexity index is 516. The lowest BCUT2D eigenvalue weighted by Gasteiger charge is -2.13. The largest absolute Gasteiger partial charge is 0.456 e. The second kappa shape index (κ2) is 2.57. The number of carbonyl (C=O) groups is 1. The van der Waals surface area contributed by atoms with Gasteiger partial charge in [-0.25, -0.2) is 4.98 Å². The van der Waals surface area contributed by atoms with Crippen molar-refractivity contribution in [3.05, 3.63) is 30.1 Å². The van der Waals surface area contributed by atoms with Gasteiger partial charge in [0.1, 0.15) is 19.0 Å². The Labute approximate surface area is 80.1 Å². The van der Waals surface area contributed by atoms with Crippen molar-refractivity contribution in [2.75, 3.05) is 0 Å². The summed E-state index contributed by atoms with van der Waals surface area (Å²) in [7, 11) is 0. The summed E-state index contributed by atoms with van der Waals surface area (Å²) in [5.41, 5.74) is 1.92. The SMILES string of the molecule is O=C1Cn2c(nc3ccccc32)CO1. The Kier molecular flexibility index (Phi) is 1.39. The Morgan fingerprint density at radius 3 is 3.14 bits per heavy atom. The number of hydrogen-bond acceptors (Lipinski definition) is 3. The molecular formula is C10H8N2O2. The number of fused-ring (bicyclic) bond motifs is 3. The van der Waals surface area contributed by atoms with Crippen LogP contribution >= 0.6 is 0 Å².